The van der Waals surface area contributed by atoms with Crippen LogP contribution in [0, 0.1) is 10.1 Å². The molecule has 0 aliphatic rings. The molecule has 1 N–H and O–H groups in total. The predicted molar refractivity (Wildman–Crippen MR) is 97.4 cm³/mol. The number of nitrogens with zero attached hydrogens (tertiary/aromatic N) is 1. The van der Waals surface area contributed by atoms with E-state index in [0.29, 0.717) is 6.54 Å². The number of nitro groups is 1. The first-order valence-electron chi connectivity index (χ1n) is 8.36. The Labute approximate surface area is 156 Å². The maximum absolute atomic E-state index is 12.2. The van der Waals surface area contributed by atoms with E-state index in [1.54, 1.807) is 6.92 Å². The molecule has 1 atom stereocenters. The van der Waals surface area contributed by atoms with E-state index in [0.717, 1.165) is 11.6 Å². The van der Waals surface area contributed by atoms with Crippen LogP contribution in [0.5, 0.6) is 5.75 Å². The zero-order valence-corrected chi connectivity index (χ0v) is 15.0. The maximum Gasteiger partial charge on any atom is 0.339 e. The molecule has 1 amide bonds. The summed E-state index contributed by atoms with van der Waals surface area (Å²) in [5, 5.41) is 13.8. The van der Waals surface area contributed by atoms with Crippen molar-refractivity contribution in [1.29, 1.82) is 0 Å². The minimum absolute atomic E-state index is 0.0344. The van der Waals surface area contributed by atoms with E-state index in [1.165, 1.54) is 19.1 Å². The number of hydrogen-bond acceptors (Lipinski definition) is 6. The predicted octanol–water partition coefficient (Wildman–Crippen LogP) is 2.86. The number of benzene rings is 2. The third kappa shape index (κ3) is 5.53. The van der Waals surface area contributed by atoms with Crippen molar-refractivity contribution in [3.05, 3.63) is 69.8 Å². The number of ether oxygens (including phenoxy) is 2. The first kappa shape index (κ1) is 19.9. The van der Waals surface area contributed by atoms with Crippen LogP contribution in [0.25, 0.3) is 0 Å². The molecule has 0 bridgehead atoms. The van der Waals surface area contributed by atoms with E-state index < -0.39 is 22.9 Å². The standard InChI is InChI=1S/C19H20N2O6/c1-3-26-17-10-9-15(11-16(17)21(24)25)19(23)27-13(2)18(22)20-12-14-7-5-4-6-8-14/h4-11,13H,3,12H2,1-2H3,(H,20,22)/t13-/m1/s1. The third-order valence-corrected chi connectivity index (χ3v) is 3.65. The SMILES string of the molecule is CCOc1ccc(C(=O)O[C@H](C)C(=O)NCc2ccccc2)cc1[N+](=O)[O-]. The first-order chi connectivity index (χ1) is 12.9. The summed E-state index contributed by atoms with van der Waals surface area (Å²) in [5.74, 6) is -1.23. The molecule has 0 heterocycles. The molecule has 8 nitrogen and oxygen atoms in total. The molecule has 0 fully saturated rings. The van der Waals surface area contributed by atoms with Gasteiger partial charge in [0.05, 0.1) is 17.1 Å². The number of esters is 1. The first-order valence-corrected chi connectivity index (χ1v) is 8.36. The molecule has 142 valence electrons. The summed E-state index contributed by atoms with van der Waals surface area (Å²) in [6, 6.07) is 13.0. The van der Waals surface area contributed by atoms with Gasteiger partial charge in [-0.3, -0.25) is 14.9 Å². The van der Waals surface area contributed by atoms with Gasteiger partial charge in [-0.25, -0.2) is 4.79 Å². The molecule has 0 saturated carbocycles. The fraction of sp³-hybridized carbons (Fsp3) is 0.263. The Hall–Kier alpha value is -3.42. The average Bonchev–Trinajstić information content (AvgIpc) is 2.67. The number of carbonyl (C=O) groups is 2. The molecular weight excluding hydrogens is 352 g/mol. The van der Waals surface area contributed by atoms with Gasteiger partial charge in [0.2, 0.25) is 0 Å². The second-order valence-electron chi connectivity index (χ2n) is 5.62. The van der Waals surface area contributed by atoms with Crippen molar-refractivity contribution >= 4 is 17.6 Å². The Kier molecular flexibility index (Phi) is 6.87. The smallest absolute Gasteiger partial charge is 0.339 e. The lowest BCUT2D eigenvalue weighted by Crippen LogP contribution is -2.35. The van der Waals surface area contributed by atoms with Crippen molar-refractivity contribution in [3.8, 4) is 5.75 Å². The van der Waals surface area contributed by atoms with Crippen LogP contribution in [0.3, 0.4) is 0 Å². The zero-order valence-electron chi connectivity index (χ0n) is 15.0. The summed E-state index contributed by atoms with van der Waals surface area (Å²) < 4.78 is 10.3. The van der Waals surface area contributed by atoms with Gasteiger partial charge in [0.15, 0.2) is 11.9 Å². The average molecular weight is 372 g/mol. The molecule has 0 saturated heterocycles. The van der Waals surface area contributed by atoms with Crippen LogP contribution in [-0.4, -0.2) is 29.5 Å². The second-order valence-corrected chi connectivity index (χ2v) is 5.62. The van der Waals surface area contributed by atoms with Crippen LogP contribution in [0.2, 0.25) is 0 Å². The summed E-state index contributed by atoms with van der Waals surface area (Å²) in [6.07, 6.45) is -1.05. The van der Waals surface area contributed by atoms with Crippen molar-refractivity contribution < 1.29 is 24.0 Å². The second kappa shape index (κ2) is 9.33. The largest absolute Gasteiger partial charge is 0.487 e. The maximum atomic E-state index is 12.2. The van der Waals surface area contributed by atoms with Gasteiger partial charge >= 0.3 is 11.7 Å². The highest BCUT2D eigenvalue weighted by atomic mass is 16.6. The van der Waals surface area contributed by atoms with E-state index in [1.807, 2.05) is 30.3 Å². The van der Waals surface area contributed by atoms with Gasteiger partial charge in [0.1, 0.15) is 0 Å². The molecule has 27 heavy (non-hydrogen) atoms. The fourth-order valence-electron chi connectivity index (χ4n) is 2.28. The van der Waals surface area contributed by atoms with Crippen molar-refractivity contribution in [2.75, 3.05) is 6.61 Å². The van der Waals surface area contributed by atoms with E-state index in [9.17, 15) is 19.7 Å². The van der Waals surface area contributed by atoms with Crippen molar-refractivity contribution in [3.63, 3.8) is 0 Å². The molecule has 2 aromatic rings. The highest BCUT2D eigenvalue weighted by Crippen LogP contribution is 2.28. The molecule has 0 spiro atoms. The summed E-state index contributed by atoms with van der Waals surface area (Å²) in [7, 11) is 0. The highest BCUT2D eigenvalue weighted by Gasteiger charge is 2.22. The molecule has 0 aromatic heterocycles. The van der Waals surface area contributed by atoms with Crippen LogP contribution in [0.15, 0.2) is 48.5 Å². The lowest BCUT2D eigenvalue weighted by molar-refractivity contribution is -0.385. The summed E-state index contributed by atoms with van der Waals surface area (Å²) in [6.45, 7) is 3.68. The minimum atomic E-state index is -1.05. The van der Waals surface area contributed by atoms with Gasteiger partial charge in [-0.1, -0.05) is 30.3 Å². The van der Waals surface area contributed by atoms with Gasteiger partial charge in [-0.15, -0.1) is 0 Å². The number of hydrogen-bond donors (Lipinski definition) is 1. The Morgan fingerprint density at radius 3 is 2.52 bits per heavy atom. The Bertz CT molecular complexity index is 822. The molecule has 0 aliphatic heterocycles. The molecular formula is C19H20N2O6. The Balaban J connectivity index is 1.99. The Morgan fingerprint density at radius 1 is 1.19 bits per heavy atom. The lowest BCUT2D eigenvalue weighted by Gasteiger charge is -2.14. The van der Waals surface area contributed by atoms with E-state index in [4.69, 9.17) is 9.47 Å². The Morgan fingerprint density at radius 2 is 1.89 bits per heavy atom. The van der Waals surface area contributed by atoms with Crippen LogP contribution in [-0.2, 0) is 16.1 Å². The van der Waals surface area contributed by atoms with Gasteiger partial charge in [-0.05, 0) is 31.5 Å². The lowest BCUT2D eigenvalue weighted by atomic mass is 10.2. The van der Waals surface area contributed by atoms with Gasteiger partial charge in [-0.2, -0.15) is 0 Å². The summed E-state index contributed by atoms with van der Waals surface area (Å²) >= 11 is 0. The van der Waals surface area contributed by atoms with Crippen molar-refractivity contribution in [1.82, 2.24) is 5.32 Å². The van der Waals surface area contributed by atoms with Crippen LogP contribution in [0.4, 0.5) is 5.69 Å². The van der Waals surface area contributed by atoms with Gasteiger partial charge in [0.25, 0.3) is 5.91 Å². The topological polar surface area (TPSA) is 108 Å². The zero-order chi connectivity index (χ0) is 19.8. The van der Waals surface area contributed by atoms with Gasteiger partial charge < -0.3 is 14.8 Å². The van der Waals surface area contributed by atoms with Crippen LogP contribution < -0.4 is 10.1 Å². The monoisotopic (exact) mass is 372 g/mol. The van der Waals surface area contributed by atoms with Crippen molar-refractivity contribution in [2.24, 2.45) is 0 Å². The van der Waals surface area contributed by atoms with Crippen molar-refractivity contribution in [2.45, 2.75) is 26.5 Å². The minimum Gasteiger partial charge on any atom is -0.487 e. The normalized spacial score (nSPS) is 11.3. The van der Waals surface area contributed by atoms with Crippen LogP contribution in [0.1, 0.15) is 29.8 Å². The molecule has 0 aliphatic carbocycles. The number of amides is 1. The quantitative estimate of drug-likeness (QED) is 0.434. The molecule has 0 unspecified atom stereocenters. The van der Waals surface area contributed by atoms with E-state index >= 15 is 0 Å². The number of carbonyl (C=O) groups excluding carboxylic acids is 2. The number of rotatable bonds is 8. The van der Waals surface area contributed by atoms with Gasteiger partial charge in [0, 0.05) is 12.6 Å². The molecule has 2 aromatic carbocycles. The highest BCUT2D eigenvalue weighted by molar-refractivity contribution is 5.93. The molecule has 0 radical (unpaired) electrons. The van der Waals surface area contributed by atoms with Crippen LogP contribution >= 0.6 is 0 Å². The van der Waals surface area contributed by atoms with E-state index in [2.05, 4.69) is 5.32 Å². The summed E-state index contributed by atoms with van der Waals surface area (Å²) in [5.41, 5.74) is 0.534. The fourth-order valence-corrected chi connectivity index (χ4v) is 2.28. The van der Waals surface area contributed by atoms with E-state index in [-0.39, 0.29) is 23.6 Å². The summed E-state index contributed by atoms with van der Waals surface area (Å²) in [4.78, 5) is 34.8. The number of nitro benzene ring substituents is 1. The third-order valence-electron chi connectivity index (χ3n) is 3.65. The molecule has 8 heteroatoms. The molecule has 2 rings (SSSR count). The number of nitrogens with one attached hydrogen (secondary N) is 1.